The molecular formula is C15H27NO4. The molecule has 0 saturated heterocycles. The number of carbonyl (C=O) groups excluding carboxylic acids is 2. The molecular weight excluding hydrogens is 258 g/mol. The highest BCUT2D eigenvalue weighted by atomic mass is 16.6. The van der Waals surface area contributed by atoms with Crippen molar-refractivity contribution in [1.82, 2.24) is 5.32 Å². The van der Waals surface area contributed by atoms with Gasteiger partial charge in [0.15, 0.2) is 0 Å². The summed E-state index contributed by atoms with van der Waals surface area (Å²) in [7, 11) is 1.37. The second kappa shape index (κ2) is 10.3. The van der Waals surface area contributed by atoms with Crippen molar-refractivity contribution in [2.75, 3.05) is 13.7 Å². The second-order valence-electron chi connectivity index (χ2n) is 5.56. The standard InChI is InChI=1S/C15H27NO4/c1-15(2,3)20-14(18)16-12-10-8-6-5-7-9-11-13(17)19-4/h9,11H,5-8,10,12H2,1-4H3,(H,16,18)/b11-9+. The van der Waals surface area contributed by atoms with Gasteiger partial charge in [0.05, 0.1) is 7.11 Å². The van der Waals surface area contributed by atoms with Gasteiger partial charge in [-0.2, -0.15) is 0 Å². The summed E-state index contributed by atoms with van der Waals surface area (Å²) in [6, 6.07) is 0. The molecule has 0 aromatic carbocycles. The molecule has 0 rings (SSSR count). The lowest BCUT2D eigenvalue weighted by Crippen LogP contribution is -2.32. The van der Waals surface area contributed by atoms with Crippen molar-refractivity contribution >= 4 is 12.1 Å². The molecule has 0 spiro atoms. The Balaban J connectivity index is 3.39. The molecule has 0 fully saturated rings. The maximum Gasteiger partial charge on any atom is 0.407 e. The van der Waals surface area contributed by atoms with Gasteiger partial charge in [-0.3, -0.25) is 0 Å². The summed E-state index contributed by atoms with van der Waals surface area (Å²) < 4.78 is 9.62. The van der Waals surface area contributed by atoms with E-state index in [-0.39, 0.29) is 12.1 Å². The summed E-state index contributed by atoms with van der Waals surface area (Å²) in [5.41, 5.74) is -0.448. The fourth-order valence-corrected chi connectivity index (χ4v) is 1.49. The first-order valence-electron chi connectivity index (χ1n) is 7.06. The maximum absolute atomic E-state index is 11.3. The van der Waals surface area contributed by atoms with Gasteiger partial charge in [0, 0.05) is 12.6 Å². The van der Waals surface area contributed by atoms with E-state index in [0.717, 1.165) is 32.1 Å². The van der Waals surface area contributed by atoms with Crippen LogP contribution in [0.3, 0.4) is 0 Å². The number of nitrogens with one attached hydrogen (secondary N) is 1. The van der Waals surface area contributed by atoms with Crippen LogP contribution < -0.4 is 5.32 Å². The van der Waals surface area contributed by atoms with Crippen LogP contribution in [-0.4, -0.2) is 31.3 Å². The van der Waals surface area contributed by atoms with E-state index in [1.807, 2.05) is 26.8 Å². The zero-order chi connectivity index (χ0) is 15.4. The predicted molar refractivity (Wildman–Crippen MR) is 78.5 cm³/mol. The minimum atomic E-state index is -0.448. The monoisotopic (exact) mass is 285 g/mol. The number of unbranched alkanes of at least 4 members (excludes halogenated alkanes) is 4. The molecule has 0 unspecified atom stereocenters. The molecule has 5 heteroatoms. The van der Waals surface area contributed by atoms with E-state index in [4.69, 9.17) is 4.74 Å². The minimum absolute atomic E-state index is 0.313. The molecule has 0 atom stereocenters. The first kappa shape index (κ1) is 18.5. The Labute approximate surface area is 121 Å². The molecule has 0 aromatic rings. The van der Waals surface area contributed by atoms with Gasteiger partial charge in [-0.15, -0.1) is 0 Å². The summed E-state index contributed by atoms with van der Waals surface area (Å²) in [6.07, 6.45) is 7.85. The number of alkyl carbamates (subject to hydrolysis) is 1. The van der Waals surface area contributed by atoms with E-state index in [1.54, 1.807) is 0 Å². The lowest BCUT2D eigenvalue weighted by atomic mass is 10.1. The molecule has 0 bridgehead atoms. The van der Waals surface area contributed by atoms with Gasteiger partial charge in [0.25, 0.3) is 0 Å². The molecule has 5 nitrogen and oxygen atoms in total. The van der Waals surface area contributed by atoms with Crippen LogP contribution in [0.15, 0.2) is 12.2 Å². The zero-order valence-corrected chi connectivity index (χ0v) is 13.0. The number of methoxy groups -OCH3 is 1. The summed E-state index contributed by atoms with van der Waals surface area (Å²) in [5, 5.41) is 2.73. The summed E-state index contributed by atoms with van der Waals surface area (Å²) in [6.45, 7) is 6.16. The van der Waals surface area contributed by atoms with Crippen LogP contribution in [0.1, 0.15) is 52.9 Å². The Kier molecular flexibility index (Phi) is 9.51. The van der Waals surface area contributed by atoms with E-state index < -0.39 is 5.60 Å². The fourth-order valence-electron chi connectivity index (χ4n) is 1.49. The van der Waals surface area contributed by atoms with E-state index in [0.29, 0.717) is 6.54 Å². The average Bonchev–Trinajstić information content (AvgIpc) is 2.34. The molecule has 0 heterocycles. The van der Waals surface area contributed by atoms with E-state index in [9.17, 15) is 9.59 Å². The zero-order valence-electron chi connectivity index (χ0n) is 13.0. The molecule has 1 amide bonds. The second-order valence-corrected chi connectivity index (χ2v) is 5.56. The van der Waals surface area contributed by atoms with E-state index in [2.05, 4.69) is 10.1 Å². The summed E-state index contributed by atoms with van der Waals surface area (Å²) in [5.74, 6) is -0.313. The lowest BCUT2D eigenvalue weighted by molar-refractivity contribution is -0.134. The van der Waals surface area contributed by atoms with Crippen LogP contribution in [0.5, 0.6) is 0 Å². The third-order valence-electron chi connectivity index (χ3n) is 2.42. The molecule has 116 valence electrons. The van der Waals surface area contributed by atoms with Crippen LogP contribution in [0, 0.1) is 0 Å². The Morgan fingerprint density at radius 3 is 2.35 bits per heavy atom. The van der Waals surface area contributed by atoms with Crippen LogP contribution in [0.25, 0.3) is 0 Å². The quantitative estimate of drug-likeness (QED) is 0.422. The molecule has 0 aliphatic rings. The van der Waals surface area contributed by atoms with E-state index in [1.165, 1.54) is 13.2 Å². The summed E-state index contributed by atoms with van der Waals surface area (Å²) >= 11 is 0. The third-order valence-corrected chi connectivity index (χ3v) is 2.42. The van der Waals surface area contributed by atoms with Crippen LogP contribution in [0.4, 0.5) is 4.79 Å². The topological polar surface area (TPSA) is 64.6 Å². The number of hydrogen-bond acceptors (Lipinski definition) is 4. The van der Waals surface area contributed by atoms with Gasteiger partial charge in [0.2, 0.25) is 0 Å². The average molecular weight is 285 g/mol. The van der Waals surface area contributed by atoms with E-state index >= 15 is 0 Å². The Morgan fingerprint density at radius 1 is 1.10 bits per heavy atom. The van der Waals surface area contributed by atoms with Crippen molar-refractivity contribution in [3.8, 4) is 0 Å². The summed E-state index contributed by atoms with van der Waals surface area (Å²) in [4.78, 5) is 22.1. The number of allylic oxidation sites excluding steroid dienone is 1. The lowest BCUT2D eigenvalue weighted by Gasteiger charge is -2.19. The number of amides is 1. The molecule has 0 saturated carbocycles. The highest BCUT2D eigenvalue weighted by Crippen LogP contribution is 2.07. The maximum atomic E-state index is 11.3. The first-order valence-corrected chi connectivity index (χ1v) is 7.06. The molecule has 0 radical (unpaired) electrons. The van der Waals surface area contributed by atoms with Crippen molar-refractivity contribution in [2.24, 2.45) is 0 Å². The molecule has 20 heavy (non-hydrogen) atoms. The first-order chi connectivity index (χ1) is 9.35. The van der Waals surface area contributed by atoms with Crippen molar-refractivity contribution in [1.29, 1.82) is 0 Å². The van der Waals surface area contributed by atoms with Gasteiger partial charge >= 0.3 is 12.1 Å². The molecule has 0 aliphatic heterocycles. The molecule has 0 aliphatic carbocycles. The van der Waals surface area contributed by atoms with Gasteiger partial charge < -0.3 is 14.8 Å². The van der Waals surface area contributed by atoms with Gasteiger partial charge in [0.1, 0.15) is 5.60 Å². The van der Waals surface area contributed by atoms with Crippen molar-refractivity contribution in [3.05, 3.63) is 12.2 Å². The molecule has 1 N–H and O–H groups in total. The van der Waals surface area contributed by atoms with Gasteiger partial charge in [-0.05, 0) is 40.0 Å². The predicted octanol–water partition coefficient (Wildman–Crippen LogP) is 3.19. The SMILES string of the molecule is COC(=O)/C=C/CCCCCCNC(=O)OC(C)(C)C. The van der Waals surface area contributed by atoms with Crippen molar-refractivity contribution in [2.45, 2.75) is 58.5 Å². The number of rotatable bonds is 8. The van der Waals surface area contributed by atoms with Crippen LogP contribution in [0.2, 0.25) is 0 Å². The number of esters is 1. The van der Waals surface area contributed by atoms with Gasteiger partial charge in [-0.25, -0.2) is 9.59 Å². The Bertz CT molecular complexity index is 318. The highest BCUT2D eigenvalue weighted by Gasteiger charge is 2.15. The largest absolute Gasteiger partial charge is 0.466 e. The normalized spacial score (nSPS) is 11.4. The highest BCUT2D eigenvalue weighted by molar-refractivity contribution is 5.81. The Hall–Kier alpha value is -1.52. The third kappa shape index (κ3) is 12.9. The van der Waals surface area contributed by atoms with Crippen molar-refractivity contribution < 1.29 is 19.1 Å². The number of hydrogen-bond donors (Lipinski definition) is 1. The number of carbonyl (C=O) groups is 2. The minimum Gasteiger partial charge on any atom is -0.466 e. The number of ether oxygens (including phenoxy) is 2. The van der Waals surface area contributed by atoms with Crippen LogP contribution >= 0.6 is 0 Å². The Morgan fingerprint density at radius 2 is 1.75 bits per heavy atom. The fraction of sp³-hybridized carbons (Fsp3) is 0.733. The van der Waals surface area contributed by atoms with Crippen molar-refractivity contribution in [3.63, 3.8) is 0 Å². The van der Waals surface area contributed by atoms with Crippen LogP contribution in [-0.2, 0) is 14.3 Å². The molecule has 0 aromatic heterocycles. The van der Waals surface area contributed by atoms with Gasteiger partial charge in [-0.1, -0.05) is 18.9 Å². The smallest absolute Gasteiger partial charge is 0.407 e.